The highest BCUT2D eigenvalue weighted by Crippen LogP contribution is 2.48. The van der Waals surface area contributed by atoms with E-state index in [0.29, 0.717) is 16.9 Å². The summed E-state index contributed by atoms with van der Waals surface area (Å²) in [6, 6.07) is 14.5. The second kappa shape index (κ2) is 10.2. The van der Waals surface area contributed by atoms with E-state index in [4.69, 9.17) is 5.41 Å². The molecular formula is C30H28F4N4O. The van der Waals surface area contributed by atoms with Gasteiger partial charge in [0.2, 0.25) is 5.60 Å². The molecule has 1 aliphatic heterocycles. The summed E-state index contributed by atoms with van der Waals surface area (Å²) in [5.74, 6) is -0.429. The van der Waals surface area contributed by atoms with E-state index in [0.717, 1.165) is 43.9 Å². The van der Waals surface area contributed by atoms with Crippen molar-refractivity contribution < 1.29 is 22.7 Å². The number of nitrogens with one attached hydrogen (secondary N) is 2. The molecule has 0 aliphatic carbocycles. The summed E-state index contributed by atoms with van der Waals surface area (Å²) in [4.78, 5) is 2.20. The lowest BCUT2D eigenvalue weighted by Gasteiger charge is -2.31. The Labute approximate surface area is 223 Å². The summed E-state index contributed by atoms with van der Waals surface area (Å²) in [6.07, 6.45) is 0.899. The summed E-state index contributed by atoms with van der Waals surface area (Å²) < 4.78 is 59.5. The SMILES string of the molecule is C=CCn1cc(C(O)(c2ccc(Nc3ccc(F)cc3)c(C=N)c2)C(F)(F)F)c2ccc(N3CCCC3)cc21. The Morgan fingerprint density at radius 3 is 2.36 bits per heavy atom. The molecule has 5 nitrogen and oxygen atoms in total. The van der Waals surface area contributed by atoms with Crippen molar-refractivity contribution in [1.82, 2.24) is 4.57 Å². The summed E-state index contributed by atoms with van der Waals surface area (Å²) in [6.45, 7) is 5.78. The second-order valence-corrected chi connectivity index (χ2v) is 9.67. The van der Waals surface area contributed by atoms with Gasteiger partial charge in [-0.05, 0) is 66.9 Å². The van der Waals surface area contributed by atoms with E-state index in [1.54, 1.807) is 22.8 Å². The smallest absolute Gasteiger partial charge is 0.372 e. The third-order valence-corrected chi connectivity index (χ3v) is 7.21. The zero-order valence-corrected chi connectivity index (χ0v) is 21.1. The van der Waals surface area contributed by atoms with Crippen molar-refractivity contribution in [2.45, 2.75) is 31.2 Å². The number of alkyl halides is 3. The van der Waals surface area contributed by atoms with Crippen LogP contribution >= 0.6 is 0 Å². The van der Waals surface area contributed by atoms with Crippen molar-refractivity contribution in [3.05, 3.63) is 102 Å². The van der Waals surface area contributed by atoms with Gasteiger partial charge in [0.1, 0.15) is 5.82 Å². The molecule has 0 spiro atoms. The second-order valence-electron chi connectivity index (χ2n) is 9.67. The number of fused-ring (bicyclic) bond motifs is 1. The number of rotatable bonds is 8. The van der Waals surface area contributed by atoms with E-state index in [1.165, 1.54) is 42.6 Å². The standard InChI is InChI=1S/C30H28F4N4O/c1-2-13-38-19-26(25-11-10-24(17-28(25)38)37-14-3-4-15-37)29(39,30(32,33)34)21-5-12-27(20(16-21)18-35)36-23-8-6-22(31)7-9-23/h2,5-12,16-19,35-36,39H,1,3-4,13-15H2. The van der Waals surface area contributed by atoms with Gasteiger partial charge in [-0.25, -0.2) is 4.39 Å². The highest BCUT2D eigenvalue weighted by atomic mass is 19.4. The van der Waals surface area contributed by atoms with Crippen LogP contribution in [-0.2, 0) is 12.1 Å². The quantitative estimate of drug-likeness (QED) is 0.128. The van der Waals surface area contributed by atoms with Crippen molar-refractivity contribution in [1.29, 1.82) is 5.41 Å². The van der Waals surface area contributed by atoms with Crippen LogP contribution in [0.1, 0.15) is 29.5 Å². The summed E-state index contributed by atoms with van der Waals surface area (Å²) in [5.41, 5.74) is -1.60. The maximum Gasteiger partial charge on any atom is 0.425 e. The third kappa shape index (κ3) is 4.78. The Morgan fingerprint density at radius 2 is 1.72 bits per heavy atom. The van der Waals surface area contributed by atoms with Gasteiger partial charge >= 0.3 is 6.18 Å². The molecule has 9 heteroatoms. The fourth-order valence-corrected chi connectivity index (χ4v) is 5.21. The van der Waals surface area contributed by atoms with E-state index in [-0.39, 0.29) is 23.1 Å². The normalized spacial score (nSPS) is 15.4. The average molecular weight is 537 g/mol. The molecule has 1 aliphatic rings. The fraction of sp³-hybridized carbons (Fsp3) is 0.233. The Morgan fingerprint density at radius 1 is 1.00 bits per heavy atom. The van der Waals surface area contributed by atoms with Crippen LogP contribution < -0.4 is 10.2 Å². The molecule has 1 fully saturated rings. The lowest BCUT2D eigenvalue weighted by atomic mass is 9.84. The summed E-state index contributed by atoms with van der Waals surface area (Å²) >= 11 is 0. The van der Waals surface area contributed by atoms with Crippen LogP contribution in [0.3, 0.4) is 0 Å². The number of hydrogen-bond acceptors (Lipinski definition) is 4. The molecule has 39 heavy (non-hydrogen) atoms. The number of aromatic nitrogens is 1. The lowest BCUT2D eigenvalue weighted by molar-refractivity contribution is -0.247. The van der Waals surface area contributed by atoms with Crippen LogP contribution in [0.4, 0.5) is 34.6 Å². The first-order valence-electron chi connectivity index (χ1n) is 12.6. The Hall–Kier alpha value is -4.11. The molecule has 0 amide bonds. The molecule has 3 N–H and O–H groups in total. The number of halogens is 4. The molecule has 1 unspecified atom stereocenters. The van der Waals surface area contributed by atoms with Crippen LogP contribution in [0.15, 0.2) is 79.5 Å². The van der Waals surface area contributed by atoms with Gasteiger partial charge < -0.3 is 25.3 Å². The Bertz CT molecular complexity index is 1520. The van der Waals surface area contributed by atoms with Crippen LogP contribution in [0.5, 0.6) is 0 Å². The van der Waals surface area contributed by atoms with Gasteiger partial charge in [0.15, 0.2) is 0 Å². The molecule has 1 atom stereocenters. The predicted molar refractivity (Wildman–Crippen MR) is 147 cm³/mol. The van der Waals surface area contributed by atoms with Crippen LogP contribution in [0.25, 0.3) is 10.9 Å². The van der Waals surface area contributed by atoms with Gasteiger partial charge in [-0.2, -0.15) is 13.2 Å². The monoisotopic (exact) mass is 536 g/mol. The Balaban J connectivity index is 1.64. The highest BCUT2D eigenvalue weighted by Gasteiger charge is 2.57. The first-order chi connectivity index (χ1) is 18.7. The van der Waals surface area contributed by atoms with Crippen molar-refractivity contribution in [2.24, 2.45) is 0 Å². The predicted octanol–water partition coefficient (Wildman–Crippen LogP) is 7.11. The van der Waals surface area contributed by atoms with Crippen LogP contribution in [0.2, 0.25) is 0 Å². The molecule has 4 aromatic rings. The van der Waals surface area contributed by atoms with Crippen LogP contribution in [-0.4, -0.2) is 35.2 Å². The molecule has 2 heterocycles. The first kappa shape index (κ1) is 26.5. The van der Waals surface area contributed by atoms with E-state index in [1.807, 2.05) is 6.07 Å². The van der Waals surface area contributed by atoms with E-state index in [2.05, 4.69) is 16.8 Å². The zero-order chi connectivity index (χ0) is 27.8. The third-order valence-electron chi connectivity index (χ3n) is 7.21. The van der Waals surface area contributed by atoms with Gasteiger partial charge in [0.25, 0.3) is 0 Å². The molecule has 1 aromatic heterocycles. The van der Waals surface area contributed by atoms with Crippen molar-refractivity contribution >= 4 is 34.2 Å². The molecule has 0 saturated carbocycles. The largest absolute Gasteiger partial charge is 0.425 e. The van der Waals surface area contributed by atoms with Gasteiger partial charge in [-0.3, -0.25) is 0 Å². The molecule has 3 aromatic carbocycles. The molecule has 202 valence electrons. The van der Waals surface area contributed by atoms with Crippen LogP contribution in [0, 0.1) is 11.2 Å². The van der Waals surface area contributed by atoms with E-state index in [9.17, 15) is 22.7 Å². The lowest BCUT2D eigenvalue weighted by Crippen LogP contribution is -2.43. The number of anilines is 3. The maximum absolute atomic E-state index is 14.8. The number of allylic oxidation sites excluding steroid dienone is 1. The average Bonchev–Trinajstić information content (AvgIpc) is 3.58. The minimum absolute atomic E-state index is 0.130. The number of hydrogen-bond donors (Lipinski definition) is 3. The minimum Gasteiger partial charge on any atom is -0.372 e. The van der Waals surface area contributed by atoms with Crippen molar-refractivity contribution in [3.63, 3.8) is 0 Å². The molecule has 0 radical (unpaired) electrons. The molecule has 5 rings (SSSR count). The number of benzene rings is 3. The van der Waals surface area contributed by atoms with Gasteiger partial charge in [0.05, 0.1) is 5.52 Å². The minimum atomic E-state index is -5.07. The molecule has 1 saturated heterocycles. The zero-order valence-electron chi connectivity index (χ0n) is 21.1. The first-order valence-corrected chi connectivity index (χ1v) is 12.6. The summed E-state index contributed by atoms with van der Waals surface area (Å²) in [7, 11) is 0. The number of aliphatic hydroxyl groups is 1. The van der Waals surface area contributed by atoms with Crippen molar-refractivity contribution in [3.8, 4) is 0 Å². The topological polar surface area (TPSA) is 64.3 Å². The van der Waals surface area contributed by atoms with E-state index < -0.39 is 23.2 Å². The van der Waals surface area contributed by atoms with Crippen molar-refractivity contribution in [2.75, 3.05) is 23.3 Å². The Kier molecular flexibility index (Phi) is 6.94. The molecule has 0 bridgehead atoms. The summed E-state index contributed by atoms with van der Waals surface area (Å²) in [5, 5.41) is 22.7. The van der Waals surface area contributed by atoms with Gasteiger partial charge in [-0.1, -0.05) is 18.2 Å². The number of nitrogens with zero attached hydrogens (tertiary/aromatic N) is 2. The van der Waals surface area contributed by atoms with Gasteiger partial charge in [0, 0.05) is 65.6 Å². The highest BCUT2D eigenvalue weighted by molar-refractivity contribution is 5.90. The fourth-order valence-electron chi connectivity index (χ4n) is 5.21. The van der Waals surface area contributed by atoms with E-state index >= 15 is 0 Å². The molecular weight excluding hydrogens is 508 g/mol. The maximum atomic E-state index is 14.8. The van der Waals surface area contributed by atoms with Gasteiger partial charge in [-0.15, -0.1) is 6.58 Å².